The number of aromatic amines is 2. The minimum Gasteiger partial charge on any atom is -0.618 e. The molecule has 0 saturated heterocycles. The smallest absolute Gasteiger partial charge is 0.618 e. The van der Waals surface area contributed by atoms with Crippen molar-refractivity contribution in [1.82, 2.24) is 42.8 Å². The number of benzene rings is 2. The fraction of sp³-hybridized carbons (Fsp3) is 0.349. The van der Waals surface area contributed by atoms with Crippen LogP contribution in [0.5, 0.6) is 0 Å². The molecular weight excluding hydrogens is 1900 g/mol. The summed E-state index contributed by atoms with van der Waals surface area (Å²) in [4.78, 5) is 98.7. The third-order valence-electron chi connectivity index (χ3n) is 17.2. The molecule has 0 spiro atoms. The van der Waals surface area contributed by atoms with Crippen LogP contribution in [0.2, 0.25) is 0 Å². The van der Waals surface area contributed by atoms with Gasteiger partial charge in [-0.3, -0.25) is 76.9 Å². The van der Waals surface area contributed by atoms with Crippen LogP contribution in [0.15, 0.2) is 149 Å². The largest absolute Gasteiger partial charge is 0.639 e. The predicted octanol–water partition coefficient (Wildman–Crippen LogP) is 15.1. The summed E-state index contributed by atoms with van der Waals surface area (Å²) in [5.41, 5.74) is 19.3. The van der Waals surface area contributed by atoms with Crippen LogP contribution in [0.3, 0.4) is 0 Å². The molecule has 131 heavy (non-hydrogen) atoms. The lowest BCUT2D eigenvalue weighted by Crippen LogP contribution is -2.34. The van der Waals surface area contributed by atoms with Crippen LogP contribution in [-0.4, -0.2) is 129 Å². The number of aliphatic carboxylic acids is 1. The number of nitrogen functional groups attached to an aromatic ring is 1. The second kappa shape index (κ2) is 51.8. The Kier molecular flexibility index (Phi) is 44.2. The predicted molar refractivity (Wildman–Crippen MR) is 509 cm³/mol. The topological polar surface area (TPSA) is 541 Å². The lowest BCUT2D eigenvalue weighted by atomic mass is 9.80. The zero-order chi connectivity index (χ0) is 99.2. The van der Waals surface area contributed by atoms with Crippen LogP contribution in [0, 0.1) is 139 Å². The van der Waals surface area contributed by atoms with Crippen LogP contribution in [0.25, 0.3) is 53.4 Å². The van der Waals surface area contributed by atoms with Gasteiger partial charge in [-0.05, 0) is 277 Å². The summed E-state index contributed by atoms with van der Waals surface area (Å²) in [5, 5.41) is 71.7. The van der Waals surface area contributed by atoms with Crippen LogP contribution in [-0.2, 0) is 29.2 Å². The number of H-pyrrole nitrogens is 2. The molecule has 36 nitrogen and oxygen atoms in total. The van der Waals surface area contributed by atoms with E-state index in [4.69, 9.17) is 72.5 Å². The Hall–Kier alpha value is -11.6. The number of nitrogens with two attached hydrogens (primary N) is 1. The summed E-state index contributed by atoms with van der Waals surface area (Å²) in [6, 6.07) is 35.0. The average Bonchev–Trinajstić information content (AvgIpc) is 1.60. The van der Waals surface area contributed by atoms with Crippen molar-refractivity contribution in [2.75, 3.05) is 5.73 Å². The highest BCUT2D eigenvalue weighted by atomic mass is 79.9. The molecule has 45 heteroatoms. The average molecular weight is 2000 g/mol. The third kappa shape index (κ3) is 38.4. The highest BCUT2D eigenvalue weighted by Gasteiger charge is 2.32. The molecule has 15 rings (SSSR count). The Labute approximate surface area is 779 Å². The Balaban J connectivity index is 0.000000312. The quantitative estimate of drug-likeness (QED) is 0.0145. The number of nitro groups is 1. The molecule has 2 aromatic carbocycles. The lowest BCUT2D eigenvalue weighted by Gasteiger charge is -2.20. The van der Waals surface area contributed by atoms with Crippen molar-refractivity contribution in [2.45, 2.75) is 201 Å². The number of carboxylic acids is 1. The summed E-state index contributed by atoms with van der Waals surface area (Å²) in [6.07, 6.45) is 4.33. The summed E-state index contributed by atoms with van der Waals surface area (Å²) in [6.45, 7) is 38.7. The van der Waals surface area contributed by atoms with Gasteiger partial charge in [-0.1, -0.05) is 22.0 Å². The number of fused-ring (bicyclic) bond motifs is 4. The number of carboxylic acid groups (broad SMARTS) is 1. The van der Waals surface area contributed by atoms with Crippen molar-refractivity contribution in [3.8, 4) is 11.1 Å². The minimum atomic E-state index is -4.67. The van der Waals surface area contributed by atoms with Gasteiger partial charge >= 0.3 is 24.8 Å². The van der Waals surface area contributed by atoms with Gasteiger partial charge < -0.3 is 59.6 Å². The number of aromatic nitrogens is 11. The number of nitrogens with one attached hydrogen (secondary N) is 2. The number of halogens is 4. The highest BCUT2D eigenvalue weighted by molar-refractivity contribution is 9.10. The van der Waals surface area contributed by atoms with Crippen molar-refractivity contribution < 1.29 is 84.9 Å². The first-order valence-electron chi connectivity index (χ1n) is 40.0. The molecule has 0 radical (unpaired) electrons. The first-order chi connectivity index (χ1) is 60.9. The molecule has 0 bridgehead atoms. The molecule has 0 amide bonds. The molecule has 11 heterocycles. The molecule has 0 aliphatic heterocycles. The normalized spacial score (nSPS) is 11.5. The molecule has 2 fully saturated rings. The summed E-state index contributed by atoms with van der Waals surface area (Å²) in [5.74, 6) is -1.80. The van der Waals surface area contributed by atoms with E-state index in [1.54, 1.807) is 50.2 Å². The van der Waals surface area contributed by atoms with Gasteiger partial charge in [0, 0.05) is 161 Å². The maximum absolute atomic E-state index is 15.0. The second-order valence-corrected chi connectivity index (χ2v) is 34.7. The zero-order valence-corrected chi connectivity index (χ0v) is 81.5. The monoisotopic (exact) mass is 2000 g/mol. The Morgan fingerprint density at radius 2 is 0.870 bits per heavy atom. The third-order valence-corrected chi connectivity index (χ3v) is 20.0. The number of pyridine rings is 9. The summed E-state index contributed by atoms with van der Waals surface area (Å²) in [7, 11) is -6.60. The Morgan fingerprint density at radius 1 is 0.550 bits per heavy atom. The van der Waals surface area contributed by atoms with Crippen LogP contribution in [0.4, 0.5) is 20.2 Å². The second-order valence-electron chi connectivity index (χ2n) is 30.5. The fourth-order valence-corrected chi connectivity index (χ4v) is 14.9. The molecule has 13 aromatic rings. The van der Waals surface area contributed by atoms with E-state index in [9.17, 15) is 48.5 Å². The van der Waals surface area contributed by atoms with Crippen LogP contribution >= 0.6 is 54.9 Å². The van der Waals surface area contributed by atoms with E-state index in [-0.39, 0.29) is 57.6 Å². The van der Waals surface area contributed by atoms with Gasteiger partial charge in [0.2, 0.25) is 10.9 Å². The number of rotatable bonds is 11. The van der Waals surface area contributed by atoms with Gasteiger partial charge in [0.15, 0.2) is 22.8 Å². The van der Waals surface area contributed by atoms with E-state index >= 15 is 0 Å². The SMILES string of the molecule is CC(=O)O.CC(C)OB(OC(C)C)OC(C)C.Cc1cc(-c2cc3c(cc2F)c(=O)c2c(=O)[nH]sc2n3C2CC2)cc(C)n1.Cc1cc(B(O)O)cc(C)n1.Cc1cc(Br)cc(C)n1.Cc1cc(N)cc(C)n1.Cc1cc([N+](=O)[O-])cc(C)[n+]1[O-].Cc1cccc(C)[n+]1[O-].Cc1cccc(C)n1.O=S(=O)(O)O.O=[N+]([O-])O.O=c1[nH]sc2c1c(=O)c1cc(F)c(Br)cc1n2C1CC1. The van der Waals surface area contributed by atoms with Crippen molar-refractivity contribution >= 4 is 145 Å². The number of hydrogen-bond donors (Lipinski definition) is 9. The molecule has 2 aliphatic rings. The van der Waals surface area contributed by atoms with Gasteiger partial charge in [-0.25, -0.2) is 8.78 Å². The fourth-order valence-electron chi connectivity index (χ4n) is 12.1. The van der Waals surface area contributed by atoms with E-state index in [0.29, 0.717) is 52.3 Å². The molecular formula is C86H106B2Br2F2N14O22S3. The number of hydrogen-bond acceptors (Lipinski definition) is 26. The van der Waals surface area contributed by atoms with E-state index in [1.807, 2.05) is 181 Å². The van der Waals surface area contributed by atoms with Gasteiger partial charge in [0.25, 0.3) is 27.9 Å². The van der Waals surface area contributed by atoms with Crippen LogP contribution < -0.4 is 42.6 Å². The Bertz CT molecular complexity index is 6210. The van der Waals surface area contributed by atoms with Crippen molar-refractivity contribution in [2.24, 2.45) is 0 Å². The maximum atomic E-state index is 15.0. The van der Waals surface area contributed by atoms with Gasteiger partial charge in [-0.2, -0.15) is 17.9 Å². The van der Waals surface area contributed by atoms with Crippen molar-refractivity contribution in [3.05, 3.63) is 293 Å². The zero-order valence-electron chi connectivity index (χ0n) is 75.9. The standard InChI is InChI=1S/C20H16FN3O2S.C13H8BrFN2O2S.C9H21BO3.C7H10BNO2.C7H8BrN.C7H8N2O3.C7H10N2.C7H9NO.C7H9N.C2H4O2.HNO3.H2O4S/c1-9-5-11(6-10(2)22-9)13-8-16-14(7-15(13)21)18(25)17-19(26)23-27-20(17)24(16)12-3-4-12;14-7-4-9-6(3-8(7)15)11(18)10-12(19)16-20-13(10)17(9)5-1-2-5;1-7(2)11-10(12-8(3)4)13-9(5)6;1-5-3-7(8(10)11)4-6(2)9-5;1-5-3-7(8)4-6(2)9-5;1-5-3-7(9(11)12)4-6(2)8(5)10;1-5-3-7(8)4-6(2)9-5;1-6-4-3-5-7(2)8(6)9;1-6-4-3-5-7(2)8-6;1-2(3)4;2-1(3)4;1-5(2,3)4/h5-8,12H,3-4H2,1-2H3,(H,23,26);3-5H,1-2H2,(H,16,19);7-9H,1-6H3;3-4,10-11H,1-2H3;3-4H,1-2H3;3-4H,1-2H3;3-4H,1-2H3,(H2,8,9);3-5H,1-2H3;3-5H,1-2H3;1H3,(H,3,4);(H,2,3,4);(H2,1,2,3,4). The number of nitrogens with zero attached hydrogens (tertiary/aromatic N) is 11. The first kappa shape index (κ1) is 112. The number of aryl methyl sites for hydroxylation is 14. The molecule has 2 aliphatic carbocycles. The summed E-state index contributed by atoms with van der Waals surface area (Å²) >= 11 is 8.86. The van der Waals surface area contributed by atoms with Gasteiger partial charge in [-0.15, -0.1) is 10.1 Å². The molecule has 10 N–H and O–H groups in total. The molecule has 11 aromatic heterocycles. The maximum Gasteiger partial charge on any atom is 0.639 e. The lowest BCUT2D eigenvalue weighted by molar-refractivity contribution is -0.742. The highest BCUT2D eigenvalue weighted by Crippen LogP contribution is 2.42. The molecule has 704 valence electrons. The summed E-state index contributed by atoms with van der Waals surface area (Å²) < 4.78 is 88.8. The van der Waals surface area contributed by atoms with E-state index < -0.39 is 74.4 Å². The van der Waals surface area contributed by atoms with Crippen molar-refractivity contribution in [1.29, 1.82) is 0 Å². The number of carbonyl (C=O) groups is 1. The number of anilines is 1. The van der Waals surface area contributed by atoms with Gasteiger partial charge in [0.05, 0.1) is 32.6 Å². The van der Waals surface area contributed by atoms with Gasteiger partial charge in [0.1, 0.15) is 32.1 Å². The van der Waals surface area contributed by atoms with Crippen LogP contribution in [0.1, 0.15) is 166 Å². The Morgan fingerprint density at radius 3 is 1.18 bits per heavy atom. The minimum absolute atomic E-state index is 0.0444. The molecule has 0 unspecified atom stereocenters. The molecule has 0 atom stereocenters. The first-order valence-corrected chi connectivity index (χ1v) is 44.6. The molecule has 2 saturated carbocycles. The van der Waals surface area contributed by atoms with E-state index in [0.717, 1.165) is 133 Å². The van der Waals surface area contributed by atoms with Crippen molar-refractivity contribution in [3.63, 3.8) is 0 Å². The van der Waals surface area contributed by atoms with E-state index in [2.05, 4.69) is 65.5 Å². The van der Waals surface area contributed by atoms with E-state index in [1.165, 1.54) is 49.6 Å².